The Labute approximate surface area is 134 Å². The summed E-state index contributed by atoms with van der Waals surface area (Å²) in [5.74, 6) is -1.63. The van der Waals surface area contributed by atoms with Crippen molar-refractivity contribution in [2.24, 2.45) is 5.73 Å². The predicted octanol–water partition coefficient (Wildman–Crippen LogP) is 0.606. The van der Waals surface area contributed by atoms with Gasteiger partial charge < -0.3 is 5.73 Å². The van der Waals surface area contributed by atoms with E-state index in [1.807, 2.05) is 0 Å². The molecule has 0 unspecified atom stereocenters. The second-order valence-corrected chi connectivity index (χ2v) is 6.48. The Morgan fingerprint density at radius 1 is 1.05 bits per heavy atom. The van der Waals surface area contributed by atoms with Crippen molar-refractivity contribution in [3.8, 4) is 0 Å². The number of urea groups is 1. The van der Waals surface area contributed by atoms with Gasteiger partial charge in [0, 0.05) is 0 Å². The molecule has 0 aromatic heterocycles. The molecule has 1 aliphatic rings. The van der Waals surface area contributed by atoms with Gasteiger partial charge in [-0.1, -0.05) is 23.2 Å². The third-order valence-corrected chi connectivity index (χ3v) is 4.78. The largest absolute Gasteiger partial charge is 0.351 e. The highest BCUT2D eigenvalue weighted by Crippen LogP contribution is 2.31. The Bertz CT molecular complexity index is 793. The zero-order chi connectivity index (χ0) is 16.7. The molecule has 2 rings (SSSR count). The molecule has 0 aliphatic carbocycles. The van der Waals surface area contributed by atoms with Crippen molar-refractivity contribution in [2.45, 2.75) is 4.90 Å². The van der Waals surface area contributed by atoms with Gasteiger partial charge in [0.1, 0.15) is 10.1 Å². The number of benzene rings is 1. The van der Waals surface area contributed by atoms with E-state index in [1.54, 1.807) is 4.72 Å². The monoisotopic (exact) mass is 363 g/mol. The number of rotatable bonds is 3. The van der Waals surface area contributed by atoms with Gasteiger partial charge in [0.15, 0.2) is 0 Å². The van der Waals surface area contributed by atoms with Crippen LogP contribution in [0.25, 0.3) is 0 Å². The lowest BCUT2D eigenvalue weighted by Gasteiger charge is -2.14. The van der Waals surface area contributed by atoms with Crippen LogP contribution in [-0.4, -0.2) is 26.3 Å². The highest BCUT2D eigenvalue weighted by atomic mass is 35.5. The van der Waals surface area contributed by atoms with E-state index in [0.717, 1.165) is 12.1 Å². The molecule has 0 bridgehead atoms. The Balaban J connectivity index is 2.34. The molecule has 3 N–H and O–H groups in total. The molecule has 0 spiro atoms. The highest BCUT2D eigenvalue weighted by Gasteiger charge is 2.37. The summed E-state index contributed by atoms with van der Waals surface area (Å²) in [6.45, 7) is 0. The minimum atomic E-state index is -4.12. The number of nitrogens with two attached hydrogens (primary N) is 1. The van der Waals surface area contributed by atoms with Crippen LogP contribution in [0.15, 0.2) is 39.2 Å². The molecule has 1 aliphatic heterocycles. The van der Waals surface area contributed by atoms with Crippen LogP contribution in [0.2, 0.25) is 0 Å². The third-order valence-electron chi connectivity index (χ3n) is 2.61. The van der Waals surface area contributed by atoms with Crippen LogP contribution >= 0.6 is 23.2 Å². The standard InChI is InChI=1S/C11H7Cl2N3O5S/c12-7-8(13)10(18)16(9(7)17)5-1-3-6(4-2-5)22(20,21)15-11(14)19/h1-4H,(H3,14,15,19). The SMILES string of the molecule is NC(=O)NS(=O)(=O)c1ccc(N2C(=O)C(Cl)=C(Cl)C2=O)cc1. The fourth-order valence-electron chi connectivity index (χ4n) is 1.68. The van der Waals surface area contributed by atoms with E-state index in [4.69, 9.17) is 28.9 Å². The average molecular weight is 364 g/mol. The lowest BCUT2D eigenvalue weighted by atomic mass is 10.3. The number of hydrogen-bond donors (Lipinski definition) is 2. The fourth-order valence-corrected chi connectivity index (χ4v) is 2.88. The molecular formula is C11H7Cl2N3O5S. The first-order valence-electron chi connectivity index (χ1n) is 5.51. The molecule has 11 heteroatoms. The van der Waals surface area contributed by atoms with Crippen molar-refractivity contribution in [3.63, 3.8) is 0 Å². The fraction of sp³-hybridized carbons (Fsp3) is 0. The maximum atomic E-state index is 11.8. The van der Waals surface area contributed by atoms with Gasteiger partial charge in [0.05, 0.1) is 10.6 Å². The van der Waals surface area contributed by atoms with E-state index in [0.29, 0.717) is 4.90 Å². The number of halogens is 2. The van der Waals surface area contributed by atoms with Gasteiger partial charge in [-0.2, -0.15) is 0 Å². The number of nitrogens with one attached hydrogen (secondary N) is 1. The van der Waals surface area contributed by atoms with Crippen LogP contribution in [0.5, 0.6) is 0 Å². The number of carbonyl (C=O) groups excluding carboxylic acids is 3. The molecule has 0 radical (unpaired) electrons. The second kappa shape index (κ2) is 5.59. The molecule has 4 amide bonds. The summed E-state index contributed by atoms with van der Waals surface area (Å²) in [7, 11) is -4.12. The van der Waals surface area contributed by atoms with Crippen molar-refractivity contribution < 1.29 is 22.8 Å². The lowest BCUT2D eigenvalue weighted by molar-refractivity contribution is -0.120. The Morgan fingerprint density at radius 3 is 1.91 bits per heavy atom. The Hall–Kier alpha value is -2.10. The molecule has 0 fully saturated rings. The maximum absolute atomic E-state index is 11.8. The number of hydrogen-bond acceptors (Lipinski definition) is 5. The van der Waals surface area contributed by atoms with Crippen LogP contribution in [0.4, 0.5) is 10.5 Å². The molecule has 8 nitrogen and oxygen atoms in total. The predicted molar refractivity (Wildman–Crippen MR) is 77.6 cm³/mol. The zero-order valence-electron chi connectivity index (χ0n) is 10.5. The van der Waals surface area contributed by atoms with Crippen molar-refractivity contribution >= 4 is 56.8 Å². The second-order valence-electron chi connectivity index (χ2n) is 4.04. The number of sulfonamides is 1. The van der Waals surface area contributed by atoms with Crippen LogP contribution < -0.4 is 15.4 Å². The van der Waals surface area contributed by atoms with Gasteiger partial charge in [-0.25, -0.2) is 22.8 Å². The van der Waals surface area contributed by atoms with E-state index in [2.05, 4.69) is 0 Å². The molecule has 0 atom stereocenters. The van der Waals surface area contributed by atoms with Gasteiger partial charge in [0.2, 0.25) is 0 Å². The first kappa shape index (κ1) is 16.3. The van der Waals surface area contributed by atoms with Crippen LogP contribution in [0.1, 0.15) is 0 Å². The van der Waals surface area contributed by atoms with E-state index < -0.39 is 37.9 Å². The Morgan fingerprint density at radius 2 is 1.50 bits per heavy atom. The molecule has 22 heavy (non-hydrogen) atoms. The molecule has 1 aromatic carbocycles. The maximum Gasteiger partial charge on any atom is 0.326 e. The number of carbonyl (C=O) groups is 3. The van der Waals surface area contributed by atoms with Crippen LogP contribution in [0.3, 0.4) is 0 Å². The quantitative estimate of drug-likeness (QED) is 0.760. The molecule has 0 saturated heterocycles. The van der Waals surface area contributed by atoms with Crippen molar-refractivity contribution in [1.29, 1.82) is 0 Å². The Kier molecular flexibility index (Phi) is 4.14. The van der Waals surface area contributed by atoms with Gasteiger partial charge in [-0.3, -0.25) is 9.59 Å². The van der Waals surface area contributed by atoms with Crippen molar-refractivity contribution in [1.82, 2.24) is 4.72 Å². The first-order valence-corrected chi connectivity index (χ1v) is 7.75. The van der Waals surface area contributed by atoms with Gasteiger partial charge in [-0.15, -0.1) is 0 Å². The topological polar surface area (TPSA) is 127 Å². The van der Waals surface area contributed by atoms with E-state index in [-0.39, 0.29) is 10.6 Å². The number of imide groups is 1. The summed E-state index contributed by atoms with van der Waals surface area (Å²) in [6, 6.07) is 3.30. The minimum absolute atomic E-state index is 0.0711. The summed E-state index contributed by atoms with van der Waals surface area (Å²) in [5.41, 5.74) is 4.82. The number of anilines is 1. The average Bonchev–Trinajstić information content (AvgIpc) is 2.62. The van der Waals surface area contributed by atoms with E-state index in [1.165, 1.54) is 12.1 Å². The van der Waals surface area contributed by atoms with Gasteiger partial charge in [-0.05, 0) is 24.3 Å². The van der Waals surface area contributed by atoms with Crippen LogP contribution in [-0.2, 0) is 19.6 Å². The zero-order valence-corrected chi connectivity index (χ0v) is 12.9. The van der Waals surface area contributed by atoms with Crippen molar-refractivity contribution in [3.05, 3.63) is 34.3 Å². The normalized spacial score (nSPS) is 15.5. The minimum Gasteiger partial charge on any atom is -0.351 e. The molecule has 0 saturated carbocycles. The number of amides is 4. The van der Waals surface area contributed by atoms with Crippen LogP contribution in [0, 0.1) is 0 Å². The molecule has 1 heterocycles. The summed E-state index contributed by atoms with van der Waals surface area (Å²) >= 11 is 11.2. The molecular weight excluding hydrogens is 357 g/mol. The van der Waals surface area contributed by atoms with Gasteiger partial charge in [0.25, 0.3) is 21.8 Å². The number of primary amides is 1. The molecule has 1 aromatic rings. The summed E-state index contributed by atoms with van der Waals surface area (Å²) < 4.78 is 25.0. The summed E-state index contributed by atoms with van der Waals surface area (Å²) in [4.78, 5) is 34.6. The van der Waals surface area contributed by atoms with Crippen molar-refractivity contribution in [2.75, 3.05) is 4.90 Å². The van der Waals surface area contributed by atoms with E-state index in [9.17, 15) is 22.8 Å². The van der Waals surface area contributed by atoms with E-state index >= 15 is 0 Å². The highest BCUT2D eigenvalue weighted by molar-refractivity contribution is 7.90. The third kappa shape index (κ3) is 2.78. The van der Waals surface area contributed by atoms with Gasteiger partial charge >= 0.3 is 6.03 Å². The first-order chi connectivity index (χ1) is 10.1. The molecule has 116 valence electrons. The summed E-state index contributed by atoms with van der Waals surface area (Å²) in [6.07, 6.45) is 0. The smallest absolute Gasteiger partial charge is 0.326 e. The lowest BCUT2D eigenvalue weighted by Crippen LogP contribution is -2.35. The summed E-state index contributed by atoms with van der Waals surface area (Å²) in [5, 5.41) is -0.836. The number of nitrogens with zero attached hydrogens (tertiary/aromatic N) is 1.